The quantitative estimate of drug-likeness (QED) is 0.151. The lowest BCUT2D eigenvalue weighted by atomic mass is 9.95. The van der Waals surface area contributed by atoms with E-state index in [9.17, 15) is 14.9 Å². The Balaban J connectivity index is 1.52. The van der Waals surface area contributed by atoms with Gasteiger partial charge in [-0.3, -0.25) is 14.9 Å². The molecule has 5 rings (SSSR count). The summed E-state index contributed by atoms with van der Waals surface area (Å²) in [5, 5.41) is 23.2. The third-order valence-electron chi connectivity index (χ3n) is 6.17. The number of benzene rings is 3. The van der Waals surface area contributed by atoms with Crippen LogP contribution >= 0.6 is 23.4 Å². The number of hydrogen-bond donors (Lipinski definition) is 2. The van der Waals surface area contributed by atoms with E-state index in [1.165, 1.54) is 31.0 Å². The molecule has 0 aliphatic carbocycles. The molecule has 1 amide bonds. The molecule has 1 aliphatic heterocycles. The van der Waals surface area contributed by atoms with E-state index in [1.54, 1.807) is 41.9 Å². The molecule has 1 aromatic heterocycles. The second-order valence-corrected chi connectivity index (χ2v) is 9.96. The number of carbonyl (C=O) groups is 1. The van der Waals surface area contributed by atoms with Crippen molar-refractivity contribution in [2.45, 2.75) is 23.9 Å². The Kier molecular flexibility index (Phi) is 7.53. The van der Waals surface area contributed by atoms with Crippen LogP contribution in [0.1, 0.15) is 24.1 Å². The number of ether oxygens (including phenoxy) is 1. The van der Waals surface area contributed by atoms with Crippen molar-refractivity contribution in [2.24, 2.45) is 0 Å². The number of rotatable bonds is 8. The molecule has 0 saturated heterocycles. The van der Waals surface area contributed by atoms with Gasteiger partial charge in [0.1, 0.15) is 11.8 Å². The molecule has 0 spiro atoms. The first-order valence-electron chi connectivity index (χ1n) is 11.8. The van der Waals surface area contributed by atoms with Crippen LogP contribution in [0.4, 0.5) is 17.3 Å². The number of nitrogens with zero attached hydrogens (tertiary/aromatic N) is 4. The molecule has 0 saturated carbocycles. The zero-order valence-corrected chi connectivity index (χ0v) is 22.5. The van der Waals surface area contributed by atoms with Gasteiger partial charge in [0.25, 0.3) is 11.6 Å². The van der Waals surface area contributed by atoms with Gasteiger partial charge in [-0.25, -0.2) is 4.68 Å². The zero-order valence-electron chi connectivity index (χ0n) is 20.9. The maximum absolute atomic E-state index is 13.7. The number of halogens is 1. The van der Waals surface area contributed by atoms with E-state index in [1.807, 2.05) is 30.3 Å². The van der Waals surface area contributed by atoms with Crippen LogP contribution in [-0.4, -0.2) is 32.7 Å². The van der Waals surface area contributed by atoms with Crippen LogP contribution in [0.3, 0.4) is 0 Å². The molecule has 12 heteroatoms. The Morgan fingerprint density at radius 3 is 2.59 bits per heavy atom. The second kappa shape index (κ2) is 11.2. The summed E-state index contributed by atoms with van der Waals surface area (Å²) in [5.41, 5.74) is 3.00. The highest BCUT2D eigenvalue weighted by Gasteiger charge is 2.35. The van der Waals surface area contributed by atoms with Crippen LogP contribution in [0.15, 0.2) is 89.2 Å². The molecule has 1 atom stereocenters. The first-order chi connectivity index (χ1) is 18.9. The Morgan fingerprint density at radius 2 is 1.87 bits per heavy atom. The van der Waals surface area contributed by atoms with Crippen LogP contribution < -0.4 is 15.4 Å². The number of carbonyl (C=O) groups excluding carboxylic acids is 1. The van der Waals surface area contributed by atoms with Crippen molar-refractivity contribution in [3.63, 3.8) is 0 Å². The van der Waals surface area contributed by atoms with Gasteiger partial charge in [0.05, 0.1) is 23.3 Å². The number of nitro benzene ring substituents is 1. The van der Waals surface area contributed by atoms with E-state index in [0.717, 1.165) is 5.56 Å². The molecular weight excluding hydrogens is 540 g/mol. The highest BCUT2D eigenvalue weighted by Crippen LogP contribution is 2.38. The molecule has 0 fully saturated rings. The number of para-hydroxylation sites is 2. The van der Waals surface area contributed by atoms with Crippen molar-refractivity contribution >= 4 is 46.6 Å². The third kappa shape index (κ3) is 5.45. The summed E-state index contributed by atoms with van der Waals surface area (Å²) in [6.45, 7) is 1.78. The second-order valence-electron chi connectivity index (χ2n) is 8.61. The maximum Gasteiger partial charge on any atom is 0.269 e. The van der Waals surface area contributed by atoms with Crippen molar-refractivity contribution in [2.75, 3.05) is 17.7 Å². The summed E-state index contributed by atoms with van der Waals surface area (Å²) in [5.74, 6) is 1.14. The molecule has 4 aromatic rings. The molecule has 39 heavy (non-hydrogen) atoms. The summed E-state index contributed by atoms with van der Waals surface area (Å²) in [7, 11) is 1.53. The standard InChI is InChI=1S/C27H23ClN6O4S/c1-16-23(25(35)30-21-9-5-6-10-22(21)38-2)24(17-11-13-19(14-12-17)34(36)37)33-26(29-16)31-27(32-33)39-15-18-7-3-4-8-20(18)28/h3-14,24H,15H2,1-2H3,(H,30,35)(H,29,31,32). The van der Waals surface area contributed by atoms with Gasteiger partial charge in [0, 0.05) is 28.6 Å². The van der Waals surface area contributed by atoms with Crippen LogP contribution in [0.2, 0.25) is 5.02 Å². The number of allylic oxidation sites excluding steroid dienone is 1. The summed E-state index contributed by atoms with van der Waals surface area (Å²) >= 11 is 7.72. The normalized spacial score (nSPS) is 14.4. The molecule has 3 aromatic carbocycles. The predicted molar refractivity (Wildman–Crippen MR) is 150 cm³/mol. The first kappa shape index (κ1) is 26.3. The summed E-state index contributed by atoms with van der Waals surface area (Å²) in [6.07, 6.45) is 0. The van der Waals surface area contributed by atoms with Crippen LogP contribution in [0.5, 0.6) is 5.75 Å². The van der Waals surface area contributed by atoms with Crippen molar-refractivity contribution in [3.8, 4) is 5.75 Å². The monoisotopic (exact) mass is 562 g/mol. The minimum atomic E-state index is -0.695. The van der Waals surface area contributed by atoms with Gasteiger partial charge in [-0.1, -0.05) is 53.7 Å². The lowest BCUT2D eigenvalue weighted by Crippen LogP contribution is -2.31. The zero-order chi connectivity index (χ0) is 27.5. The smallest absolute Gasteiger partial charge is 0.269 e. The molecule has 2 heterocycles. The Labute approximate surface area is 233 Å². The van der Waals surface area contributed by atoms with Gasteiger partial charge < -0.3 is 15.4 Å². The number of fused-ring (bicyclic) bond motifs is 1. The molecule has 1 unspecified atom stereocenters. The predicted octanol–water partition coefficient (Wildman–Crippen LogP) is 6.07. The SMILES string of the molecule is COc1ccccc1NC(=O)C1=C(C)Nc2nc(SCc3ccccc3Cl)nn2C1c1ccc([N+](=O)[O-])cc1. The van der Waals surface area contributed by atoms with Crippen molar-refractivity contribution in [3.05, 3.63) is 110 Å². The van der Waals surface area contributed by atoms with E-state index < -0.39 is 11.0 Å². The molecule has 10 nitrogen and oxygen atoms in total. The van der Waals surface area contributed by atoms with Gasteiger partial charge in [0.2, 0.25) is 11.1 Å². The topological polar surface area (TPSA) is 124 Å². The summed E-state index contributed by atoms with van der Waals surface area (Å²) in [6, 6.07) is 20.0. The minimum Gasteiger partial charge on any atom is -0.495 e. The fraction of sp³-hybridized carbons (Fsp3) is 0.148. The van der Waals surface area contributed by atoms with Gasteiger partial charge in [-0.05, 0) is 48.4 Å². The highest BCUT2D eigenvalue weighted by atomic mass is 35.5. The minimum absolute atomic E-state index is 0.0526. The number of nitrogens with one attached hydrogen (secondary N) is 2. The fourth-order valence-electron chi connectivity index (χ4n) is 4.27. The van der Waals surface area contributed by atoms with Gasteiger partial charge in [-0.2, -0.15) is 4.98 Å². The summed E-state index contributed by atoms with van der Waals surface area (Å²) < 4.78 is 7.01. The Morgan fingerprint density at radius 1 is 1.15 bits per heavy atom. The number of non-ortho nitro benzene ring substituents is 1. The molecule has 198 valence electrons. The number of aromatic nitrogens is 3. The van der Waals surface area contributed by atoms with E-state index in [0.29, 0.717) is 50.2 Å². The average molecular weight is 563 g/mol. The number of anilines is 2. The molecule has 1 aliphatic rings. The van der Waals surface area contributed by atoms with Crippen molar-refractivity contribution < 1.29 is 14.5 Å². The lowest BCUT2D eigenvalue weighted by Gasteiger charge is -2.28. The molecule has 0 radical (unpaired) electrons. The number of methoxy groups -OCH3 is 1. The molecular formula is C27H23ClN6O4S. The van der Waals surface area contributed by atoms with Gasteiger partial charge >= 0.3 is 0 Å². The van der Waals surface area contributed by atoms with E-state index in [2.05, 4.69) is 15.6 Å². The number of nitro groups is 1. The van der Waals surface area contributed by atoms with Gasteiger partial charge in [0.15, 0.2) is 0 Å². The Bertz CT molecular complexity index is 1590. The van der Waals surface area contributed by atoms with E-state index in [4.69, 9.17) is 21.4 Å². The first-order valence-corrected chi connectivity index (χ1v) is 13.2. The van der Waals surface area contributed by atoms with Gasteiger partial charge in [-0.15, -0.1) is 5.10 Å². The van der Waals surface area contributed by atoms with Crippen molar-refractivity contribution in [1.29, 1.82) is 0 Å². The molecule has 2 N–H and O–H groups in total. The van der Waals surface area contributed by atoms with Crippen LogP contribution in [0.25, 0.3) is 0 Å². The van der Waals surface area contributed by atoms with E-state index >= 15 is 0 Å². The largest absolute Gasteiger partial charge is 0.495 e. The fourth-order valence-corrected chi connectivity index (χ4v) is 5.38. The maximum atomic E-state index is 13.7. The van der Waals surface area contributed by atoms with Crippen LogP contribution in [0, 0.1) is 10.1 Å². The van der Waals surface area contributed by atoms with Crippen molar-refractivity contribution in [1.82, 2.24) is 14.8 Å². The lowest BCUT2D eigenvalue weighted by molar-refractivity contribution is -0.384. The number of hydrogen-bond acceptors (Lipinski definition) is 8. The highest BCUT2D eigenvalue weighted by molar-refractivity contribution is 7.98. The van der Waals surface area contributed by atoms with Crippen LogP contribution in [-0.2, 0) is 10.5 Å². The average Bonchev–Trinajstić information content (AvgIpc) is 3.34. The number of amides is 1. The summed E-state index contributed by atoms with van der Waals surface area (Å²) in [4.78, 5) is 29.2. The number of thioether (sulfide) groups is 1. The Hall–Kier alpha value is -4.35. The van der Waals surface area contributed by atoms with E-state index in [-0.39, 0.29) is 11.6 Å². The third-order valence-corrected chi connectivity index (χ3v) is 7.42. The molecule has 0 bridgehead atoms.